The number of rotatable bonds is 7. The second kappa shape index (κ2) is 7.71. The Kier molecular flexibility index (Phi) is 6.22. The third-order valence-electron chi connectivity index (χ3n) is 2.98. The van der Waals surface area contributed by atoms with Gasteiger partial charge in [-0.25, -0.2) is 4.79 Å². The van der Waals surface area contributed by atoms with Gasteiger partial charge < -0.3 is 10.2 Å². The van der Waals surface area contributed by atoms with Crippen LogP contribution in [0, 0.1) is 0 Å². The number of carbonyl (C=O) groups is 1. The third kappa shape index (κ3) is 4.37. The molecular weight excluding hydrogens is 230 g/mol. The Labute approximate surface area is 108 Å². The lowest BCUT2D eigenvalue weighted by atomic mass is 10.1. The van der Waals surface area contributed by atoms with Gasteiger partial charge in [0.05, 0.1) is 12.6 Å². The average Bonchev–Trinajstić information content (AvgIpc) is 2.39. The van der Waals surface area contributed by atoms with Crippen molar-refractivity contribution in [3.8, 4) is 0 Å². The summed E-state index contributed by atoms with van der Waals surface area (Å²) in [6.45, 7) is 2.25. The minimum atomic E-state index is -0.978. The Bertz CT molecular complexity index is 353. The third-order valence-corrected chi connectivity index (χ3v) is 2.98. The summed E-state index contributed by atoms with van der Waals surface area (Å²) in [5.41, 5.74) is 0.940. The molecule has 0 fully saturated rings. The zero-order valence-electron chi connectivity index (χ0n) is 10.7. The maximum absolute atomic E-state index is 11.3. The summed E-state index contributed by atoms with van der Waals surface area (Å²) >= 11 is 0. The molecule has 4 heteroatoms. The van der Waals surface area contributed by atoms with Gasteiger partial charge in [0.2, 0.25) is 0 Å². The molecule has 0 aliphatic carbocycles. The predicted octanol–water partition coefficient (Wildman–Crippen LogP) is 2.72. The van der Waals surface area contributed by atoms with Crippen LogP contribution in [-0.4, -0.2) is 33.9 Å². The van der Waals surface area contributed by atoms with Gasteiger partial charge in [0.25, 0.3) is 0 Å². The number of carboxylic acid groups (broad SMARTS) is 1. The Hall–Kier alpha value is -1.55. The summed E-state index contributed by atoms with van der Waals surface area (Å²) in [5, 5.41) is 18.6. The molecule has 4 nitrogen and oxygen atoms in total. The lowest BCUT2D eigenvalue weighted by Crippen LogP contribution is -2.41. The molecule has 0 bridgehead atoms. The fourth-order valence-electron chi connectivity index (χ4n) is 1.92. The summed E-state index contributed by atoms with van der Waals surface area (Å²) in [7, 11) is 0. The van der Waals surface area contributed by atoms with Crippen LogP contribution in [0.1, 0.15) is 31.7 Å². The summed E-state index contributed by atoms with van der Waals surface area (Å²) in [5.74, 6) is 0. The Morgan fingerprint density at radius 2 is 2.00 bits per heavy atom. The van der Waals surface area contributed by atoms with Crippen LogP contribution in [0.3, 0.4) is 0 Å². The zero-order valence-corrected chi connectivity index (χ0v) is 10.7. The maximum Gasteiger partial charge on any atom is 0.407 e. The molecule has 1 aromatic carbocycles. The lowest BCUT2D eigenvalue weighted by Gasteiger charge is -2.28. The highest BCUT2D eigenvalue weighted by Crippen LogP contribution is 2.13. The lowest BCUT2D eigenvalue weighted by molar-refractivity contribution is 0.0887. The molecule has 0 radical (unpaired) electrons. The number of benzene rings is 1. The number of hydrogen-bond acceptors (Lipinski definition) is 2. The smallest absolute Gasteiger partial charge is 0.407 e. The topological polar surface area (TPSA) is 60.8 Å². The highest BCUT2D eigenvalue weighted by molar-refractivity contribution is 5.65. The fraction of sp³-hybridized carbons (Fsp3) is 0.500. The number of hydrogen-bond donors (Lipinski definition) is 2. The summed E-state index contributed by atoms with van der Waals surface area (Å²) < 4.78 is 0. The van der Waals surface area contributed by atoms with E-state index in [0.717, 1.165) is 18.4 Å². The fourth-order valence-corrected chi connectivity index (χ4v) is 1.92. The number of aliphatic hydroxyl groups excluding tert-OH is 1. The van der Waals surface area contributed by atoms with Gasteiger partial charge in [-0.2, -0.15) is 0 Å². The molecule has 2 N–H and O–H groups in total. The van der Waals surface area contributed by atoms with Crippen molar-refractivity contribution >= 4 is 6.09 Å². The van der Waals surface area contributed by atoms with Crippen LogP contribution in [0.15, 0.2) is 30.3 Å². The number of aliphatic hydroxyl groups is 1. The van der Waals surface area contributed by atoms with Crippen LogP contribution in [-0.2, 0) is 6.54 Å². The Morgan fingerprint density at radius 1 is 1.33 bits per heavy atom. The highest BCUT2D eigenvalue weighted by atomic mass is 16.4. The van der Waals surface area contributed by atoms with Crippen LogP contribution in [0.2, 0.25) is 0 Å². The van der Waals surface area contributed by atoms with E-state index in [1.54, 1.807) is 0 Å². The van der Waals surface area contributed by atoms with Gasteiger partial charge in [0.15, 0.2) is 0 Å². The van der Waals surface area contributed by atoms with Gasteiger partial charge in [-0.15, -0.1) is 0 Å². The van der Waals surface area contributed by atoms with Gasteiger partial charge >= 0.3 is 6.09 Å². The van der Waals surface area contributed by atoms with Gasteiger partial charge in [-0.3, -0.25) is 4.90 Å². The summed E-state index contributed by atoms with van der Waals surface area (Å²) in [6, 6.07) is 9.14. The van der Waals surface area contributed by atoms with Crippen LogP contribution in [0.5, 0.6) is 0 Å². The minimum absolute atomic E-state index is 0.126. The van der Waals surface area contributed by atoms with Crippen molar-refractivity contribution in [2.24, 2.45) is 0 Å². The standard InChI is InChI=1S/C14H21NO3/c1-2-3-9-13(11-16)15(14(17)18)10-12-7-5-4-6-8-12/h4-8,13,16H,2-3,9-11H2,1H3,(H,17,18)/t13-/m0/s1. The first kappa shape index (κ1) is 14.5. The first-order valence-corrected chi connectivity index (χ1v) is 6.33. The van der Waals surface area contributed by atoms with E-state index in [1.807, 2.05) is 30.3 Å². The first-order chi connectivity index (χ1) is 8.69. The molecule has 0 aromatic heterocycles. The zero-order chi connectivity index (χ0) is 13.4. The van der Waals surface area contributed by atoms with E-state index >= 15 is 0 Å². The van der Waals surface area contributed by atoms with Gasteiger partial charge in [0.1, 0.15) is 0 Å². The van der Waals surface area contributed by atoms with E-state index in [1.165, 1.54) is 4.90 Å². The monoisotopic (exact) mass is 251 g/mol. The molecule has 1 rings (SSSR count). The van der Waals surface area contributed by atoms with Crippen molar-refractivity contribution in [2.75, 3.05) is 6.61 Å². The first-order valence-electron chi connectivity index (χ1n) is 6.33. The van der Waals surface area contributed by atoms with Crippen molar-refractivity contribution in [1.82, 2.24) is 4.90 Å². The molecule has 1 amide bonds. The SMILES string of the molecule is CCCC[C@@H](CO)N(Cc1ccccc1)C(=O)O. The molecule has 0 aliphatic heterocycles. The molecule has 1 atom stereocenters. The van der Waals surface area contributed by atoms with Crippen molar-refractivity contribution < 1.29 is 15.0 Å². The Balaban J connectivity index is 2.71. The summed E-state index contributed by atoms with van der Waals surface area (Å²) in [4.78, 5) is 12.6. The highest BCUT2D eigenvalue weighted by Gasteiger charge is 2.22. The molecule has 18 heavy (non-hydrogen) atoms. The van der Waals surface area contributed by atoms with Crippen LogP contribution in [0.4, 0.5) is 4.79 Å². The number of unbranched alkanes of at least 4 members (excludes halogenated alkanes) is 1. The molecule has 0 saturated carbocycles. The molecule has 100 valence electrons. The molecule has 0 heterocycles. The van der Waals surface area contributed by atoms with Crippen molar-refractivity contribution in [3.05, 3.63) is 35.9 Å². The molecular formula is C14H21NO3. The normalized spacial score (nSPS) is 12.1. The van der Waals surface area contributed by atoms with Crippen molar-refractivity contribution in [2.45, 2.75) is 38.8 Å². The van der Waals surface area contributed by atoms with E-state index in [-0.39, 0.29) is 12.6 Å². The second-order valence-corrected chi connectivity index (χ2v) is 4.37. The number of nitrogens with zero attached hydrogens (tertiary/aromatic N) is 1. The van der Waals surface area contributed by atoms with E-state index in [4.69, 9.17) is 0 Å². The predicted molar refractivity (Wildman–Crippen MR) is 70.4 cm³/mol. The minimum Gasteiger partial charge on any atom is -0.465 e. The number of amides is 1. The van der Waals surface area contributed by atoms with E-state index < -0.39 is 6.09 Å². The molecule has 1 aromatic rings. The largest absolute Gasteiger partial charge is 0.465 e. The van der Waals surface area contributed by atoms with Gasteiger partial charge in [-0.1, -0.05) is 50.1 Å². The van der Waals surface area contributed by atoms with Crippen LogP contribution < -0.4 is 0 Å². The van der Waals surface area contributed by atoms with Crippen LogP contribution >= 0.6 is 0 Å². The van der Waals surface area contributed by atoms with E-state index in [0.29, 0.717) is 13.0 Å². The average molecular weight is 251 g/mol. The molecule has 0 spiro atoms. The summed E-state index contributed by atoms with van der Waals surface area (Å²) in [6.07, 6.45) is 1.64. The maximum atomic E-state index is 11.3. The molecule has 0 aliphatic rings. The van der Waals surface area contributed by atoms with Gasteiger partial charge in [-0.05, 0) is 12.0 Å². The van der Waals surface area contributed by atoms with Crippen LogP contribution in [0.25, 0.3) is 0 Å². The van der Waals surface area contributed by atoms with Gasteiger partial charge in [0, 0.05) is 6.54 Å². The molecule has 0 saturated heterocycles. The van der Waals surface area contributed by atoms with E-state index in [9.17, 15) is 15.0 Å². The second-order valence-electron chi connectivity index (χ2n) is 4.37. The van der Waals surface area contributed by atoms with Crippen molar-refractivity contribution in [3.63, 3.8) is 0 Å². The van der Waals surface area contributed by atoms with E-state index in [2.05, 4.69) is 6.92 Å². The van der Waals surface area contributed by atoms with Crippen molar-refractivity contribution in [1.29, 1.82) is 0 Å². The molecule has 0 unspecified atom stereocenters. The Morgan fingerprint density at radius 3 is 2.50 bits per heavy atom. The quantitative estimate of drug-likeness (QED) is 0.783.